The zero-order valence-corrected chi connectivity index (χ0v) is 12.1. The number of nitrogens with zero attached hydrogens (tertiary/aromatic N) is 1. The van der Waals surface area contributed by atoms with E-state index in [2.05, 4.69) is 12.2 Å². The van der Waals surface area contributed by atoms with Crippen LogP contribution in [-0.2, 0) is 0 Å². The first-order valence-electron chi connectivity index (χ1n) is 7.60. The smallest absolute Gasteiger partial charge is 0.269 e. The van der Waals surface area contributed by atoms with Crippen LogP contribution in [-0.4, -0.2) is 16.9 Å². The van der Waals surface area contributed by atoms with Gasteiger partial charge in [-0.3, -0.25) is 14.9 Å². The lowest BCUT2D eigenvalue weighted by molar-refractivity contribution is -0.384. The highest BCUT2D eigenvalue weighted by Crippen LogP contribution is 2.49. The lowest BCUT2D eigenvalue weighted by Crippen LogP contribution is -2.40. The van der Waals surface area contributed by atoms with Crippen molar-refractivity contribution >= 4 is 11.6 Å². The zero-order chi connectivity index (χ0) is 15.0. The maximum absolute atomic E-state index is 12.2. The molecule has 0 aromatic heterocycles. The van der Waals surface area contributed by atoms with E-state index in [9.17, 15) is 14.9 Å². The number of non-ortho nitro benzene ring substituents is 1. The molecule has 1 aromatic rings. The molecule has 5 heteroatoms. The number of fused-ring (bicyclic) bond motifs is 2. The lowest BCUT2D eigenvalue weighted by Gasteiger charge is -2.28. The summed E-state index contributed by atoms with van der Waals surface area (Å²) in [5.41, 5.74) is 0.489. The number of nitrogens with one attached hydrogen (secondary N) is 1. The Labute approximate surface area is 123 Å². The molecule has 4 atom stereocenters. The summed E-state index contributed by atoms with van der Waals surface area (Å²) < 4.78 is 0. The van der Waals surface area contributed by atoms with Crippen LogP contribution in [0, 0.1) is 27.9 Å². The molecule has 0 aliphatic heterocycles. The Morgan fingerprint density at radius 3 is 2.52 bits per heavy atom. The van der Waals surface area contributed by atoms with Gasteiger partial charge in [0.05, 0.1) is 4.92 Å². The van der Waals surface area contributed by atoms with Crippen molar-refractivity contribution in [1.82, 2.24) is 5.32 Å². The number of amides is 1. The molecule has 1 amide bonds. The van der Waals surface area contributed by atoms with E-state index in [1.807, 2.05) is 0 Å². The van der Waals surface area contributed by atoms with Gasteiger partial charge in [-0.25, -0.2) is 0 Å². The molecule has 2 aliphatic rings. The van der Waals surface area contributed by atoms with Crippen molar-refractivity contribution in [1.29, 1.82) is 0 Å². The van der Waals surface area contributed by atoms with Gasteiger partial charge in [0, 0.05) is 23.7 Å². The summed E-state index contributed by atoms with van der Waals surface area (Å²) in [5.74, 6) is 2.08. The van der Waals surface area contributed by atoms with Crippen molar-refractivity contribution in [3.05, 3.63) is 39.9 Å². The molecular formula is C16H20N2O3. The number of nitro benzene ring substituents is 1. The normalized spacial score (nSPS) is 28.3. The minimum atomic E-state index is -0.459. The summed E-state index contributed by atoms with van der Waals surface area (Å²) in [7, 11) is 0. The van der Waals surface area contributed by atoms with Gasteiger partial charge in [0.15, 0.2) is 0 Å². The molecule has 112 valence electrons. The van der Waals surface area contributed by atoms with Crippen molar-refractivity contribution in [3.8, 4) is 0 Å². The van der Waals surface area contributed by atoms with Crippen molar-refractivity contribution in [2.75, 3.05) is 0 Å². The van der Waals surface area contributed by atoms with Crippen molar-refractivity contribution in [3.63, 3.8) is 0 Å². The van der Waals surface area contributed by atoms with Crippen LogP contribution >= 0.6 is 0 Å². The number of carbonyl (C=O) groups is 1. The average Bonchev–Trinajstić information content (AvgIpc) is 3.10. The van der Waals surface area contributed by atoms with Gasteiger partial charge in [-0.05, 0) is 56.1 Å². The van der Waals surface area contributed by atoms with Gasteiger partial charge in [0.2, 0.25) is 0 Å². The molecule has 5 nitrogen and oxygen atoms in total. The van der Waals surface area contributed by atoms with E-state index in [1.54, 1.807) is 0 Å². The molecule has 2 aliphatic carbocycles. The summed E-state index contributed by atoms with van der Waals surface area (Å²) in [6, 6.07) is 5.94. The van der Waals surface area contributed by atoms with Crippen LogP contribution < -0.4 is 5.32 Å². The van der Waals surface area contributed by atoms with Gasteiger partial charge in [0.25, 0.3) is 11.6 Å². The molecule has 21 heavy (non-hydrogen) atoms. The lowest BCUT2D eigenvalue weighted by atomic mass is 9.84. The number of nitro groups is 1. The molecule has 2 bridgehead atoms. The minimum Gasteiger partial charge on any atom is -0.349 e. The Kier molecular flexibility index (Phi) is 3.66. The quantitative estimate of drug-likeness (QED) is 0.683. The molecule has 3 rings (SSSR count). The summed E-state index contributed by atoms with van der Waals surface area (Å²) >= 11 is 0. The zero-order valence-electron chi connectivity index (χ0n) is 12.1. The van der Waals surface area contributed by atoms with Crippen LogP contribution in [0.5, 0.6) is 0 Å². The van der Waals surface area contributed by atoms with Crippen molar-refractivity contribution in [2.24, 2.45) is 17.8 Å². The highest BCUT2D eigenvalue weighted by Gasteiger charge is 2.42. The molecule has 2 saturated carbocycles. The summed E-state index contributed by atoms with van der Waals surface area (Å²) in [6.45, 7) is 2.08. The Morgan fingerprint density at radius 1 is 1.29 bits per heavy atom. The number of carbonyl (C=O) groups excluding carboxylic acids is 1. The number of rotatable bonds is 4. The first-order chi connectivity index (χ1) is 10.0. The summed E-state index contributed by atoms with van der Waals surface area (Å²) in [6.07, 6.45) is 5.20. The Balaban J connectivity index is 1.61. The van der Waals surface area contributed by atoms with Crippen LogP contribution in [0.15, 0.2) is 24.3 Å². The summed E-state index contributed by atoms with van der Waals surface area (Å²) in [5, 5.41) is 13.7. The molecule has 0 heterocycles. The van der Waals surface area contributed by atoms with E-state index in [4.69, 9.17) is 0 Å². The molecule has 1 N–H and O–H groups in total. The topological polar surface area (TPSA) is 72.2 Å². The number of hydrogen-bond acceptors (Lipinski definition) is 3. The fourth-order valence-electron chi connectivity index (χ4n) is 4.04. The highest BCUT2D eigenvalue weighted by molar-refractivity contribution is 5.94. The van der Waals surface area contributed by atoms with Crippen LogP contribution in [0.4, 0.5) is 5.69 Å². The molecule has 4 unspecified atom stereocenters. The molecule has 0 spiro atoms. The van der Waals surface area contributed by atoms with Crippen molar-refractivity contribution in [2.45, 2.75) is 38.6 Å². The molecule has 2 fully saturated rings. The largest absolute Gasteiger partial charge is 0.349 e. The van der Waals surface area contributed by atoms with Gasteiger partial charge in [-0.2, -0.15) is 0 Å². The van der Waals surface area contributed by atoms with E-state index in [0.29, 0.717) is 11.5 Å². The van der Waals surface area contributed by atoms with Gasteiger partial charge in [-0.15, -0.1) is 0 Å². The fourth-order valence-corrected chi connectivity index (χ4v) is 4.04. The number of benzene rings is 1. The van der Waals surface area contributed by atoms with E-state index in [-0.39, 0.29) is 17.6 Å². The van der Waals surface area contributed by atoms with E-state index < -0.39 is 4.92 Å². The Hall–Kier alpha value is -1.91. The predicted octanol–water partition coefficient (Wildman–Crippen LogP) is 3.15. The highest BCUT2D eigenvalue weighted by atomic mass is 16.6. The third-order valence-electron chi connectivity index (χ3n) is 5.13. The van der Waals surface area contributed by atoms with E-state index >= 15 is 0 Å². The van der Waals surface area contributed by atoms with Crippen LogP contribution in [0.2, 0.25) is 0 Å². The maximum atomic E-state index is 12.2. The average molecular weight is 288 g/mol. The van der Waals surface area contributed by atoms with Crippen molar-refractivity contribution < 1.29 is 9.72 Å². The van der Waals surface area contributed by atoms with E-state index in [1.165, 1.54) is 49.9 Å². The Morgan fingerprint density at radius 2 is 2.00 bits per heavy atom. The van der Waals surface area contributed by atoms with Crippen LogP contribution in [0.25, 0.3) is 0 Å². The van der Waals surface area contributed by atoms with Gasteiger partial charge in [0.1, 0.15) is 0 Å². The third-order valence-corrected chi connectivity index (χ3v) is 5.13. The second kappa shape index (κ2) is 5.47. The fraction of sp³-hybridized carbons (Fsp3) is 0.562. The molecule has 1 aromatic carbocycles. The van der Waals surface area contributed by atoms with Gasteiger partial charge >= 0.3 is 0 Å². The standard InChI is InChI=1S/C16H20N2O3/c1-10(15-9-11-2-3-13(15)8-11)17-16(19)12-4-6-14(7-5-12)18(20)21/h4-7,10-11,13,15H,2-3,8-9H2,1H3,(H,17,19). The maximum Gasteiger partial charge on any atom is 0.269 e. The second-order valence-electron chi connectivity index (χ2n) is 6.40. The SMILES string of the molecule is CC(NC(=O)c1ccc([N+](=O)[O-])cc1)C1CC2CCC1C2. The molecular weight excluding hydrogens is 268 g/mol. The minimum absolute atomic E-state index is 0.00713. The monoisotopic (exact) mass is 288 g/mol. The first kappa shape index (κ1) is 14.0. The van der Waals surface area contributed by atoms with Gasteiger partial charge in [-0.1, -0.05) is 6.42 Å². The third kappa shape index (κ3) is 2.77. The second-order valence-corrected chi connectivity index (χ2v) is 6.40. The molecule has 0 radical (unpaired) electrons. The van der Waals surface area contributed by atoms with E-state index in [0.717, 1.165) is 11.8 Å². The summed E-state index contributed by atoms with van der Waals surface area (Å²) in [4.78, 5) is 22.4. The van der Waals surface area contributed by atoms with Crippen LogP contribution in [0.1, 0.15) is 43.0 Å². The predicted molar refractivity (Wildman–Crippen MR) is 79.0 cm³/mol. The van der Waals surface area contributed by atoms with Crippen LogP contribution in [0.3, 0.4) is 0 Å². The number of hydrogen-bond donors (Lipinski definition) is 1. The first-order valence-corrected chi connectivity index (χ1v) is 7.60. The Bertz CT molecular complexity index is 555. The molecule has 0 saturated heterocycles. The van der Waals surface area contributed by atoms with Gasteiger partial charge < -0.3 is 5.32 Å².